The second-order valence-corrected chi connectivity index (χ2v) is 6.91. The van der Waals surface area contributed by atoms with Crippen LogP contribution in [0.15, 0.2) is 0 Å². The highest BCUT2D eigenvalue weighted by atomic mass is 16.5. The van der Waals surface area contributed by atoms with Gasteiger partial charge in [0, 0.05) is 31.7 Å². The lowest BCUT2D eigenvalue weighted by Crippen LogP contribution is -2.48. The van der Waals surface area contributed by atoms with E-state index in [1.165, 1.54) is 58.0 Å². The maximum atomic E-state index is 5.72. The molecule has 0 bridgehead atoms. The molecule has 1 N–H and O–H groups in total. The summed E-state index contributed by atoms with van der Waals surface area (Å²) in [5, 5.41) is 3.72. The van der Waals surface area contributed by atoms with Crippen LogP contribution in [0.5, 0.6) is 0 Å². The Hall–Kier alpha value is -0.120. The quantitative estimate of drug-likeness (QED) is 0.777. The number of nitrogens with one attached hydrogen (secondary N) is 1. The molecule has 1 saturated heterocycles. The average Bonchev–Trinajstić information content (AvgIpc) is 2.47. The largest absolute Gasteiger partial charge is 0.381 e. The molecule has 3 heteroatoms. The zero-order valence-corrected chi connectivity index (χ0v) is 13.6. The van der Waals surface area contributed by atoms with Crippen LogP contribution in [0.1, 0.15) is 51.9 Å². The van der Waals surface area contributed by atoms with E-state index in [1.54, 1.807) is 0 Å². The van der Waals surface area contributed by atoms with Gasteiger partial charge in [-0.2, -0.15) is 0 Å². The standard InChI is InChI=1S/C17H34N2O/c1-3-10-18-17-9-11-20-14-16(17)13-19(2)12-15-7-5-4-6-8-15/h15-18H,3-14H2,1-2H3. The highest BCUT2D eigenvalue weighted by molar-refractivity contribution is 4.82. The molecule has 20 heavy (non-hydrogen) atoms. The van der Waals surface area contributed by atoms with Gasteiger partial charge in [-0.15, -0.1) is 0 Å². The Balaban J connectivity index is 1.73. The predicted octanol–water partition coefficient (Wildman–Crippen LogP) is 2.90. The van der Waals surface area contributed by atoms with E-state index in [0.717, 1.165) is 25.7 Å². The molecule has 0 aromatic rings. The number of nitrogens with zero attached hydrogens (tertiary/aromatic N) is 1. The summed E-state index contributed by atoms with van der Waals surface area (Å²) in [5.74, 6) is 1.62. The van der Waals surface area contributed by atoms with Gasteiger partial charge in [0.25, 0.3) is 0 Å². The zero-order chi connectivity index (χ0) is 14.2. The van der Waals surface area contributed by atoms with E-state index in [0.29, 0.717) is 12.0 Å². The van der Waals surface area contributed by atoms with E-state index < -0.39 is 0 Å². The number of hydrogen-bond donors (Lipinski definition) is 1. The molecule has 0 aromatic carbocycles. The van der Waals surface area contributed by atoms with Crippen molar-refractivity contribution >= 4 is 0 Å². The molecule has 3 nitrogen and oxygen atoms in total. The van der Waals surface area contributed by atoms with Gasteiger partial charge in [-0.25, -0.2) is 0 Å². The molecule has 0 spiro atoms. The summed E-state index contributed by atoms with van der Waals surface area (Å²) in [4.78, 5) is 2.57. The second kappa shape index (κ2) is 9.01. The van der Waals surface area contributed by atoms with Gasteiger partial charge in [-0.1, -0.05) is 26.2 Å². The van der Waals surface area contributed by atoms with E-state index in [1.807, 2.05) is 0 Å². The summed E-state index contributed by atoms with van der Waals surface area (Å²) in [5.41, 5.74) is 0. The van der Waals surface area contributed by atoms with Gasteiger partial charge >= 0.3 is 0 Å². The molecule has 0 aromatic heterocycles. The van der Waals surface area contributed by atoms with Gasteiger partial charge in [0.15, 0.2) is 0 Å². The smallest absolute Gasteiger partial charge is 0.0521 e. The normalized spacial score (nSPS) is 28.9. The molecular formula is C17H34N2O. The summed E-state index contributed by atoms with van der Waals surface area (Å²) >= 11 is 0. The maximum absolute atomic E-state index is 5.72. The molecule has 1 aliphatic heterocycles. The van der Waals surface area contributed by atoms with Crippen LogP contribution in [-0.4, -0.2) is 50.8 Å². The highest BCUT2D eigenvalue weighted by Gasteiger charge is 2.27. The fourth-order valence-corrected chi connectivity index (χ4v) is 3.86. The van der Waals surface area contributed by atoms with Crippen molar-refractivity contribution < 1.29 is 4.74 Å². The minimum Gasteiger partial charge on any atom is -0.381 e. The number of hydrogen-bond acceptors (Lipinski definition) is 3. The summed E-state index contributed by atoms with van der Waals surface area (Å²) in [6.45, 7) is 7.75. The SMILES string of the molecule is CCCNC1CCOCC1CN(C)CC1CCCCC1. The lowest BCUT2D eigenvalue weighted by atomic mass is 9.88. The summed E-state index contributed by atoms with van der Waals surface area (Å²) in [6.07, 6.45) is 9.66. The van der Waals surface area contributed by atoms with Crippen LogP contribution in [0.2, 0.25) is 0 Å². The Morgan fingerprint density at radius 3 is 2.65 bits per heavy atom. The lowest BCUT2D eigenvalue weighted by molar-refractivity contribution is 0.0175. The Bertz CT molecular complexity index is 253. The molecular weight excluding hydrogens is 248 g/mol. The van der Waals surface area contributed by atoms with Crippen LogP contribution < -0.4 is 5.32 Å². The van der Waals surface area contributed by atoms with Crippen LogP contribution in [0.3, 0.4) is 0 Å². The molecule has 1 heterocycles. The molecule has 0 amide bonds. The minimum absolute atomic E-state index is 0.664. The maximum Gasteiger partial charge on any atom is 0.0521 e. The Labute approximate surface area is 125 Å². The second-order valence-electron chi connectivity index (χ2n) is 6.91. The summed E-state index contributed by atoms with van der Waals surface area (Å²) in [7, 11) is 2.31. The van der Waals surface area contributed by atoms with Gasteiger partial charge in [-0.3, -0.25) is 0 Å². The third kappa shape index (κ3) is 5.34. The number of rotatable bonds is 7. The monoisotopic (exact) mass is 282 g/mol. The van der Waals surface area contributed by atoms with Crippen LogP contribution in [0, 0.1) is 11.8 Å². The van der Waals surface area contributed by atoms with Crippen molar-refractivity contribution in [3.63, 3.8) is 0 Å². The number of ether oxygens (including phenoxy) is 1. The third-order valence-corrected chi connectivity index (χ3v) is 4.97. The summed E-state index contributed by atoms with van der Waals surface area (Å²) < 4.78 is 5.72. The molecule has 118 valence electrons. The molecule has 2 aliphatic rings. The van der Waals surface area contributed by atoms with Gasteiger partial charge in [0.2, 0.25) is 0 Å². The fourth-order valence-electron chi connectivity index (χ4n) is 3.86. The molecule has 1 saturated carbocycles. The van der Waals surface area contributed by atoms with Crippen molar-refractivity contribution in [1.82, 2.24) is 10.2 Å². The Morgan fingerprint density at radius 2 is 1.90 bits per heavy atom. The Morgan fingerprint density at radius 1 is 1.10 bits per heavy atom. The minimum atomic E-state index is 0.664. The van der Waals surface area contributed by atoms with E-state index in [2.05, 4.69) is 24.2 Å². The van der Waals surface area contributed by atoms with Crippen LogP contribution in [-0.2, 0) is 4.74 Å². The fraction of sp³-hybridized carbons (Fsp3) is 1.00. The van der Waals surface area contributed by atoms with Gasteiger partial charge in [0.05, 0.1) is 6.61 Å². The van der Waals surface area contributed by atoms with Crippen molar-refractivity contribution in [3.05, 3.63) is 0 Å². The van der Waals surface area contributed by atoms with Gasteiger partial charge < -0.3 is 15.0 Å². The first kappa shape index (κ1) is 16.3. The van der Waals surface area contributed by atoms with E-state index in [4.69, 9.17) is 4.74 Å². The van der Waals surface area contributed by atoms with Crippen molar-refractivity contribution in [3.8, 4) is 0 Å². The summed E-state index contributed by atoms with van der Waals surface area (Å²) in [6, 6.07) is 0.664. The zero-order valence-electron chi connectivity index (χ0n) is 13.6. The van der Waals surface area contributed by atoms with Crippen molar-refractivity contribution in [2.75, 3.05) is 39.9 Å². The van der Waals surface area contributed by atoms with Crippen molar-refractivity contribution in [2.45, 2.75) is 57.9 Å². The molecule has 0 radical (unpaired) electrons. The average molecular weight is 282 g/mol. The van der Waals surface area contributed by atoms with Crippen molar-refractivity contribution in [2.24, 2.45) is 11.8 Å². The van der Waals surface area contributed by atoms with Crippen LogP contribution >= 0.6 is 0 Å². The topological polar surface area (TPSA) is 24.5 Å². The van der Waals surface area contributed by atoms with E-state index >= 15 is 0 Å². The molecule has 2 fully saturated rings. The van der Waals surface area contributed by atoms with E-state index in [9.17, 15) is 0 Å². The van der Waals surface area contributed by atoms with Crippen LogP contribution in [0.4, 0.5) is 0 Å². The first-order valence-corrected chi connectivity index (χ1v) is 8.79. The first-order chi connectivity index (χ1) is 9.79. The highest BCUT2D eigenvalue weighted by Crippen LogP contribution is 2.25. The molecule has 2 rings (SSSR count). The molecule has 2 unspecified atom stereocenters. The van der Waals surface area contributed by atoms with Crippen molar-refractivity contribution in [1.29, 1.82) is 0 Å². The first-order valence-electron chi connectivity index (χ1n) is 8.79. The third-order valence-electron chi connectivity index (χ3n) is 4.97. The predicted molar refractivity (Wildman–Crippen MR) is 85.1 cm³/mol. The molecule has 2 atom stereocenters. The van der Waals surface area contributed by atoms with Gasteiger partial charge in [-0.05, 0) is 45.2 Å². The lowest BCUT2D eigenvalue weighted by Gasteiger charge is -2.36. The van der Waals surface area contributed by atoms with Gasteiger partial charge in [0.1, 0.15) is 0 Å². The molecule has 1 aliphatic carbocycles. The van der Waals surface area contributed by atoms with E-state index in [-0.39, 0.29) is 0 Å². The Kier molecular flexibility index (Phi) is 7.32. The van der Waals surface area contributed by atoms with Crippen LogP contribution in [0.25, 0.3) is 0 Å².